The van der Waals surface area contributed by atoms with E-state index in [1.807, 2.05) is 13.8 Å². The maximum absolute atomic E-state index is 11.3. The molecule has 0 spiro atoms. The first-order valence-corrected chi connectivity index (χ1v) is 6.14. The number of aliphatic hydroxyl groups excluding tert-OH is 1. The Balaban J connectivity index is 0.00000256. The van der Waals surface area contributed by atoms with E-state index < -0.39 is 0 Å². The highest BCUT2D eigenvalue weighted by atomic mass is 35.5. The maximum Gasteiger partial charge on any atom is 0.233 e. The lowest BCUT2D eigenvalue weighted by molar-refractivity contribution is -0.120. The molecular formula is C12H25ClN2O2. The van der Waals surface area contributed by atoms with Crippen molar-refractivity contribution >= 4 is 18.3 Å². The van der Waals surface area contributed by atoms with Crippen LogP contribution in [0.4, 0.5) is 0 Å². The van der Waals surface area contributed by atoms with Gasteiger partial charge < -0.3 is 15.7 Å². The second kappa shape index (κ2) is 7.90. The van der Waals surface area contributed by atoms with E-state index in [2.05, 4.69) is 10.6 Å². The molecule has 1 fully saturated rings. The van der Waals surface area contributed by atoms with Crippen LogP contribution < -0.4 is 10.6 Å². The smallest absolute Gasteiger partial charge is 0.233 e. The molecule has 1 rings (SSSR count). The van der Waals surface area contributed by atoms with Gasteiger partial charge in [-0.25, -0.2) is 0 Å². The SMILES string of the molecule is CC(C)(CO)CCCNC(=O)CNC1CC1.Cl. The van der Waals surface area contributed by atoms with E-state index >= 15 is 0 Å². The van der Waals surface area contributed by atoms with Crippen molar-refractivity contribution in [2.45, 2.75) is 45.6 Å². The highest BCUT2D eigenvalue weighted by Crippen LogP contribution is 2.20. The van der Waals surface area contributed by atoms with Gasteiger partial charge in [0.25, 0.3) is 0 Å². The number of rotatable bonds is 8. The largest absolute Gasteiger partial charge is 0.396 e. The summed E-state index contributed by atoms with van der Waals surface area (Å²) in [6.45, 7) is 5.40. The van der Waals surface area contributed by atoms with Crippen LogP contribution in [0.5, 0.6) is 0 Å². The first kappa shape index (κ1) is 16.7. The Bertz CT molecular complexity index is 231. The van der Waals surface area contributed by atoms with E-state index in [-0.39, 0.29) is 30.3 Å². The normalized spacial score (nSPS) is 15.2. The fourth-order valence-electron chi connectivity index (χ4n) is 1.46. The van der Waals surface area contributed by atoms with Crippen LogP contribution >= 0.6 is 12.4 Å². The van der Waals surface area contributed by atoms with Gasteiger partial charge in [0.15, 0.2) is 0 Å². The molecule has 3 N–H and O–H groups in total. The molecule has 1 aliphatic carbocycles. The van der Waals surface area contributed by atoms with E-state index in [1.165, 1.54) is 12.8 Å². The lowest BCUT2D eigenvalue weighted by Gasteiger charge is -2.21. The monoisotopic (exact) mass is 264 g/mol. The summed E-state index contributed by atoms with van der Waals surface area (Å²) in [5, 5.41) is 15.1. The number of amides is 1. The molecule has 0 heterocycles. The minimum absolute atomic E-state index is 0. The lowest BCUT2D eigenvalue weighted by atomic mass is 9.89. The van der Waals surface area contributed by atoms with Gasteiger partial charge in [0.2, 0.25) is 5.91 Å². The fourth-order valence-corrected chi connectivity index (χ4v) is 1.46. The molecule has 0 radical (unpaired) electrons. The summed E-state index contributed by atoms with van der Waals surface area (Å²) in [6.07, 6.45) is 4.26. The molecule has 102 valence electrons. The molecule has 0 aromatic carbocycles. The second-order valence-electron chi connectivity index (χ2n) is 5.43. The Morgan fingerprint density at radius 2 is 2.06 bits per heavy atom. The molecule has 0 atom stereocenters. The zero-order valence-corrected chi connectivity index (χ0v) is 11.6. The van der Waals surface area contributed by atoms with Gasteiger partial charge >= 0.3 is 0 Å². The Labute approximate surface area is 110 Å². The van der Waals surface area contributed by atoms with Crippen LogP contribution in [0.2, 0.25) is 0 Å². The van der Waals surface area contributed by atoms with Crippen LogP contribution in [0.15, 0.2) is 0 Å². The number of aliphatic hydroxyl groups is 1. The molecule has 1 amide bonds. The topological polar surface area (TPSA) is 61.4 Å². The molecule has 0 unspecified atom stereocenters. The number of halogens is 1. The zero-order chi connectivity index (χ0) is 12.0. The van der Waals surface area contributed by atoms with Crippen molar-refractivity contribution in [1.29, 1.82) is 0 Å². The first-order chi connectivity index (χ1) is 7.53. The van der Waals surface area contributed by atoms with Gasteiger partial charge in [0.05, 0.1) is 6.54 Å². The average molecular weight is 265 g/mol. The Hall–Kier alpha value is -0.320. The molecule has 4 nitrogen and oxygen atoms in total. The standard InChI is InChI=1S/C12H24N2O2.ClH/c1-12(2,9-15)6-3-7-13-11(16)8-14-10-4-5-10;/h10,14-15H,3-9H2,1-2H3,(H,13,16);1H. The molecule has 0 aromatic rings. The van der Waals surface area contributed by atoms with Crippen molar-refractivity contribution in [1.82, 2.24) is 10.6 Å². The van der Waals surface area contributed by atoms with E-state index in [1.54, 1.807) is 0 Å². The Kier molecular flexibility index (Phi) is 7.75. The molecule has 5 heteroatoms. The summed E-state index contributed by atoms with van der Waals surface area (Å²) in [6, 6.07) is 0.582. The van der Waals surface area contributed by atoms with Crippen molar-refractivity contribution < 1.29 is 9.90 Å². The minimum atomic E-state index is -0.0308. The van der Waals surface area contributed by atoms with Gasteiger partial charge in [-0.15, -0.1) is 12.4 Å². The molecular weight excluding hydrogens is 240 g/mol. The number of nitrogens with one attached hydrogen (secondary N) is 2. The van der Waals surface area contributed by atoms with Gasteiger partial charge in [-0.1, -0.05) is 13.8 Å². The number of hydrogen-bond donors (Lipinski definition) is 3. The highest BCUT2D eigenvalue weighted by molar-refractivity contribution is 5.85. The third-order valence-electron chi connectivity index (χ3n) is 2.91. The maximum atomic E-state index is 11.3. The van der Waals surface area contributed by atoms with Gasteiger partial charge in [0, 0.05) is 19.2 Å². The van der Waals surface area contributed by atoms with Crippen molar-refractivity contribution in [2.75, 3.05) is 19.7 Å². The summed E-state index contributed by atoms with van der Waals surface area (Å²) >= 11 is 0. The third kappa shape index (κ3) is 8.41. The van der Waals surface area contributed by atoms with Crippen LogP contribution in [0.1, 0.15) is 39.5 Å². The van der Waals surface area contributed by atoms with E-state index in [4.69, 9.17) is 5.11 Å². The molecule has 1 aliphatic rings. The van der Waals surface area contributed by atoms with Crippen molar-refractivity contribution in [2.24, 2.45) is 5.41 Å². The zero-order valence-electron chi connectivity index (χ0n) is 10.8. The Morgan fingerprint density at radius 3 is 2.59 bits per heavy atom. The molecule has 0 aliphatic heterocycles. The predicted molar refractivity (Wildman–Crippen MR) is 71.4 cm³/mol. The van der Waals surface area contributed by atoms with Gasteiger partial charge in [-0.05, 0) is 31.1 Å². The van der Waals surface area contributed by atoms with Crippen LogP contribution in [0.3, 0.4) is 0 Å². The summed E-state index contributed by atoms with van der Waals surface area (Å²) in [5.74, 6) is 0.0775. The predicted octanol–water partition coefficient (Wildman–Crippen LogP) is 1.08. The summed E-state index contributed by atoms with van der Waals surface area (Å²) in [5.41, 5.74) is -0.0308. The fraction of sp³-hybridized carbons (Fsp3) is 0.917. The van der Waals surface area contributed by atoms with Crippen LogP contribution in [0.25, 0.3) is 0 Å². The third-order valence-corrected chi connectivity index (χ3v) is 2.91. The molecule has 17 heavy (non-hydrogen) atoms. The van der Waals surface area contributed by atoms with Crippen molar-refractivity contribution in [3.8, 4) is 0 Å². The highest BCUT2D eigenvalue weighted by Gasteiger charge is 2.21. The average Bonchev–Trinajstić information content (AvgIpc) is 3.05. The van der Waals surface area contributed by atoms with E-state index in [9.17, 15) is 4.79 Å². The summed E-state index contributed by atoms with van der Waals surface area (Å²) in [7, 11) is 0. The second-order valence-corrected chi connectivity index (χ2v) is 5.43. The van der Waals surface area contributed by atoms with Gasteiger partial charge in [-0.3, -0.25) is 4.79 Å². The number of carbonyl (C=O) groups excluding carboxylic acids is 1. The van der Waals surface area contributed by atoms with E-state index in [0.29, 0.717) is 19.1 Å². The molecule has 0 bridgehead atoms. The summed E-state index contributed by atoms with van der Waals surface area (Å²) < 4.78 is 0. The van der Waals surface area contributed by atoms with Crippen molar-refractivity contribution in [3.63, 3.8) is 0 Å². The van der Waals surface area contributed by atoms with E-state index in [0.717, 1.165) is 12.8 Å². The van der Waals surface area contributed by atoms with Crippen LogP contribution in [-0.4, -0.2) is 36.8 Å². The first-order valence-electron chi connectivity index (χ1n) is 6.14. The lowest BCUT2D eigenvalue weighted by Crippen LogP contribution is -2.35. The molecule has 0 aromatic heterocycles. The van der Waals surface area contributed by atoms with Crippen LogP contribution in [0, 0.1) is 5.41 Å². The Morgan fingerprint density at radius 1 is 1.41 bits per heavy atom. The van der Waals surface area contributed by atoms with Gasteiger partial charge in [0.1, 0.15) is 0 Å². The number of carbonyl (C=O) groups is 1. The molecule has 0 saturated heterocycles. The van der Waals surface area contributed by atoms with Gasteiger partial charge in [-0.2, -0.15) is 0 Å². The van der Waals surface area contributed by atoms with Crippen molar-refractivity contribution in [3.05, 3.63) is 0 Å². The number of hydrogen-bond acceptors (Lipinski definition) is 3. The quantitative estimate of drug-likeness (QED) is 0.575. The minimum Gasteiger partial charge on any atom is -0.396 e. The molecule has 1 saturated carbocycles. The van der Waals surface area contributed by atoms with Crippen LogP contribution in [-0.2, 0) is 4.79 Å². The summed E-state index contributed by atoms with van der Waals surface area (Å²) in [4.78, 5) is 11.3.